The molecule has 0 aliphatic rings. The van der Waals surface area contributed by atoms with Gasteiger partial charge < -0.3 is 4.90 Å². The third-order valence-corrected chi connectivity index (χ3v) is 3.10. The van der Waals surface area contributed by atoms with Gasteiger partial charge in [0.1, 0.15) is 0 Å². The lowest BCUT2D eigenvalue weighted by molar-refractivity contribution is -0.385. The number of nitro benzene ring substituents is 1. The minimum absolute atomic E-state index is 0.0471. The van der Waals surface area contributed by atoms with E-state index in [9.17, 15) is 14.9 Å². The van der Waals surface area contributed by atoms with Gasteiger partial charge in [-0.25, -0.2) is 0 Å². The number of hydrogen-bond acceptors (Lipinski definition) is 3. The third kappa shape index (κ3) is 4.85. The van der Waals surface area contributed by atoms with Crippen molar-refractivity contribution in [2.45, 2.75) is 34.6 Å². The molecule has 1 aromatic carbocycles. The molecular weight excluding hydrogens is 268 g/mol. The maximum atomic E-state index is 12.6. The number of amides is 1. The molecule has 1 aromatic rings. The average molecular weight is 292 g/mol. The highest BCUT2D eigenvalue weighted by Crippen LogP contribution is 2.20. The molecule has 21 heavy (non-hydrogen) atoms. The van der Waals surface area contributed by atoms with E-state index in [1.54, 1.807) is 19.1 Å². The highest BCUT2D eigenvalue weighted by Gasteiger charge is 2.20. The van der Waals surface area contributed by atoms with E-state index in [-0.39, 0.29) is 11.6 Å². The lowest BCUT2D eigenvalue weighted by Gasteiger charge is -2.26. The van der Waals surface area contributed by atoms with Gasteiger partial charge in [0, 0.05) is 30.3 Å². The molecule has 5 nitrogen and oxygen atoms in total. The molecule has 0 atom stereocenters. The Bertz CT molecular complexity index is 514. The van der Waals surface area contributed by atoms with E-state index in [4.69, 9.17) is 0 Å². The van der Waals surface area contributed by atoms with Gasteiger partial charge in [-0.15, -0.1) is 0 Å². The molecule has 1 rings (SSSR count). The number of hydrogen-bond donors (Lipinski definition) is 0. The summed E-state index contributed by atoms with van der Waals surface area (Å²) in [5.41, 5.74) is 1.07. The van der Waals surface area contributed by atoms with Crippen LogP contribution in [0.2, 0.25) is 0 Å². The predicted molar refractivity (Wildman–Crippen MR) is 83.4 cm³/mol. The fourth-order valence-electron chi connectivity index (χ4n) is 2.30. The summed E-state index contributed by atoms with van der Waals surface area (Å²) in [5, 5.41) is 10.8. The Labute approximate surface area is 126 Å². The van der Waals surface area contributed by atoms with E-state index in [2.05, 4.69) is 27.7 Å². The van der Waals surface area contributed by atoms with E-state index in [0.29, 0.717) is 36.1 Å². The molecule has 0 saturated carbocycles. The third-order valence-electron chi connectivity index (χ3n) is 3.10. The minimum atomic E-state index is -0.427. The van der Waals surface area contributed by atoms with Crippen molar-refractivity contribution in [3.05, 3.63) is 39.4 Å². The van der Waals surface area contributed by atoms with E-state index in [0.717, 1.165) is 0 Å². The van der Waals surface area contributed by atoms with Gasteiger partial charge in [0.2, 0.25) is 0 Å². The predicted octanol–water partition coefficient (Wildman–Crippen LogP) is 3.66. The highest BCUT2D eigenvalue weighted by molar-refractivity contribution is 5.94. The summed E-state index contributed by atoms with van der Waals surface area (Å²) < 4.78 is 0. The molecule has 5 heteroatoms. The zero-order valence-electron chi connectivity index (χ0n) is 13.4. The van der Waals surface area contributed by atoms with Crippen molar-refractivity contribution in [3.63, 3.8) is 0 Å². The van der Waals surface area contributed by atoms with E-state index < -0.39 is 4.92 Å². The maximum Gasteiger partial charge on any atom is 0.272 e. The Morgan fingerprint density at radius 2 is 1.71 bits per heavy atom. The maximum absolute atomic E-state index is 12.6. The van der Waals surface area contributed by atoms with E-state index in [1.807, 2.05) is 4.90 Å². The van der Waals surface area contributed by atoms with Gasteiger partial charge in [-0.1, -0.05) is 27.7 Å². The fourth-order valence-corrected chi connectivity index (χ4v) is 2.30. The largest absolute Gasteiger partial charge is 0.338 e. The smallest absolute Gasteiger partial charge is 0.272 e. The molecule has 0 radical (unpaired) electrons. The van der Waals surface area contributed by atoms with Gasteiger partial charge >= 0.3 is 0 Å². The molecule has 0 unspecified atom stereocenters. The lowest BCUT2D eigenvalue weighted by Crippen LogP contribution is -2.37. The van der Waals surface area contributed by atoms with Gasteiger partial charge in [0.05, 0.1) is 4.92 Å². The van der Waals surface area contributed by atoms with Crippen molar-refractivity contribution >= 4 is 11.6 Å². The normalized spacial score (nSPS) is 11.0. The summed E-state index contributed by atoms with van der Waals surface area (Å²) in [4.78, 5) is 24.8. The molecule has 116 valence electrons. The molecule has 0 saturated heterocycles. The second-order valence-electron chi connectivity index (χ2n) is 6.26. The summed E-state index contributed by atoms with van der Waals surface area (Å²) in [5.74, 6) is 0.703. The quantitative estimate of drug-likeness (QED) is 0.593. The summed E-state index contributed by atoms with van der Waals surface area (Å²) >= 11 is 0. The number of benzene rings is 1. The Kier molecular flexibility index (Phi) is 5.88. The van der Waals surface area contributed by atoms with Crippen LogP contribution in [-0.2, 0) is 0 Å². The topological polar surface area (TPSA) is 63.5 Å². The van der Waals surface area contributed by atoms with Gasteiger partial charge in [-0.05, 0) is 30.9 Å². The number of nitrogens with zero attached hydrogens (tertiary/aromatic N) is 2. The molecule has 0 aliphatic carbocycles. The molecule has 0 aliphatic heterocycles. The summed E-state index contributed by atoms with van der Waals surface area (Å²) in [6.07, 6.45) is 0. The molecule has 0 bridgehead atoms. The van der Waals surface area contributed by atoms with Gasteiger partial charge in [0.15, 0.2) is 0 Å². The van der Waals surface area contributed by atoms with Crippen molar-refractivity contribution in [1.82, 2.24) is 4.90 Å². The second-order valence-corrected chi connectivity index (χ2v) is 6.26. The first-order valence-corrected chi connectivity index (χ1v) is 7.26. The lowest BCUT2D eigenvalue weighted by atomic mass is 10.1. The molecule has 0 aromatic heterocycles. The van der Waals surface area contributed by atoms with Crippen LogP contribution in [0.1, 0.15) is 43.6 Å². The fraction of sp³-hybridized carbons (Fsp3) is 0.562. The van der Waals surface area contributed by atoms with Crippen LogP contribution in [0.15, 0.2) is 18.2 Å². The SMILES string of the molecule is Cc1cc(C(=O)N(CC(C)C)CC(C)C)ccc1[N+](=O)[O-]. The van der Waals surface area contributed by atoms with E-state index >= 15 is 0 Å². The van der Waals surface area contributed by atoms with Crippen molar-refractivity contribution in [2.75, 3.05) is 13.1 Å². The van der Waals surface area contributed by atoms with Crippen LogP contribution in [0.4, 0.5) is 5.69 Å². The van der Waals surface area contributed by atoms with Crippen molar-refractivity contribution < 1.29 is 9.72 Å². The number of aryl methyl sites for hydroxylation is 1. The zero-order chi connectivity index (χ0) is 16.2. The number of carbonyl (C=O) groups excluding carboxylic acids is 1. The Balaban J connectivity index is 3.03. The average Bonchev–Trinajstić information content (AvgIpc) is 2.35. The van der Waals surface area contributed by atoms with Crippen molar-refractivity contribution in [3.8, 4) is 0 Å². The molecule has 0 spiro atoms. The Hall–Kier alpha value is -1.91. The van der Waals surface area contributed by atoms with Crippen LogP contribution in [0.3, 0.4) is 0 Å². The molecule has 0 heterocycles. The second kappa shape index (κ2) is 7.20. The first-order chi connectivity index (χ1) is 9.72. The van der Waals surface area contributed by atoms with Crippen LogP contribution in [0.25, 0.3) is 0 Å². The molecule has 0 fully saturated rings. The Morgan fingerprint density at radius 3 is 2.10 bits per heavy atom. The van der Waals surface area contributed by atoms with Gasteiger partial charge in [-0.2, -0.15) is 0 Å². The van der Waals surface area contributed by atoms with Crippen LogP contribution in [0.5, 0.6) is 0 Å². The highest BCUT2D eigenvalue weighted by atomic mass is 16.6. The number of rotatable bonds is 6. The summed E-state index contributed by atoms with van der Waals surface area (Å²) in [6, 6.07) is 4.56. The van der Waals surface area contributed by atoms with E-state index in [1.165, 1.54) is 6.07 Å². The Morgan fingerprint density at radius 1 is 1.19 bits per heavy atom. The minimum Gasteiger partial charge on any atom is -0.338 e. The van der Waals surface area contributed by atoms with Crippen LogP contribution in [-0.4, -0.2) is 28.8 Å². The van der Waals surface area contributed by atoms with Crippen LogP contribution in [0, 0.1) is 28.9 Å². The van der Waals surface area contributed by atoms with Crippen LogP contribution >= 0.6 is 0 Å². The number of nitro groups is 1. The first-order valence-electron chi connectivity index (χ1n) is 7.26. The molecule has 1 amide bonds. The standard InChI is InChI=1S/C16H24N2O3/c1-11(2)9-17(10-12(3)4)16(19)14-6-7-15(18(20)21)13(5)8-14/h6-8,11-12H,9-10H2,1-5H3. The van der Waals surface area contributed by atoms with Crippen molar-refractivity contribution in [2.24, 2.45) is 11.8 Å². The van der Waals surface area contributed by atoms with Gasteiger partial charge in [0.25, 0.3) is 11.6 Å². The summed E-state index contributed by atoms with van der Waals surface area (Å²) in [6.45, 7) is 11.3. The monoisotopic (exact) mass is 292 g/mol. The number of carbonyl (C=O) groups is 1. The van der Waals surface area contributed by atoms with Gasteiger partial charge in [-0.3, -0.25) is 14.9 Å². The zero-order valence-corrected chi connectivity index (χ0v) is 13.4. The summed E-state index contributed by atoms with van der Waals surface area (Å²) in [7, 11) is 0. The molecular formula is C16H24N2O3. The first kappa shape index (κ1) is 17.1. The molecule has 0 N–H and O–H groups in total. The van der Waals surface area contributed by atoms with Crippen molar-refractivity contribution in [1.29, 1.82) is 0 Å². The van der Waals surface area contributed by atoms with Crippen LogP contribution < -0.4 is 0 Å².